The molecule has 134 valence electrons. The third-order valence-electron chi connectivity index (χ3n) is 5.52. The van der Waals surface area contributed by atoms with Crippen molar-refractivity contribution in [3.8, 4) is 0 Å². The number of nitrogens with zero attached hydrogens (tertiary/aromatic N) is 2. The van der Waals surface area contributed by atoms with Gasteiger partial charge in [-0.05, 0) is 35.2 Å². The van der Waals surface area contributed by atoms with E-state index in [2.05, 4.69) is 58.4 Å². The fourth-order valence-corrected chi connectivity index (χ4v) is 4.14. The van der Waals surface area contributed by atoms with Gasteiger partial charge in [0.2, 0.25) is 0 Å². The topological polar surface area (TPSA) is 31.9 Å². The molecule has 1 N–H and O–H groups in total. The molecule has 3 nitrogen and oxygen atoms in total. The van der Waals surface area contributed by atoms with Crippen LogP contribution in [0.15, 0.2) is 66.9 Å². The van der Waals surface area contributed by atoms with Gasteiger partial charge in [0.25, 0.3) is 0 Å². The number of aromatic amines is 1. The predicted octanol–water partition coefficient (Wildman–Crippen LogP) is 4.54. The third kappa shape index (κ3) is 3.56. The van der Waals surface area contributed by atoms with Crippen LogP contribution in [0.5, 0.6) is 0 Å². The molecule has 1 aliphatic rings. The fraction of sp³-hybridized carbons (Fsp3) is 0.318. The lowest BCUT2D eigenvalue weighted by molar-refractivity contribution is 0.313. The second-order valence-electron chi connectivity index (χ2n) is 7.31. The van der Waals surface area contributed by atoms with Gasteiger partial charge in [-0.3, -0.25) is 5.10 Å². The number of halogens is 1. The minimum Gasteiger partial charge on any atom is -0.301 e. The molecule has 0 aliphatic carbocycles. The molecule has 0 saturated carbocycles. The zero-order chi connectivity index (χ0) is 17.9. The number of hydrogen-bond acceptors (Lipinski definition) is 2. The Morgan fingerprint density at radius 2 is 1.77 bits per heavy atom. The molecule has 1 fully saturated rings. The highest BCUT2D eigenvalue weighted by atomic mass is 19.1. The first-order valence-corrected chi connectivity index (χ1v) is 9.22. The first-order valence-electron chi connectivity index (χ1n) is 9.22. The smallest absolute Gasteiger partial charge is 0.123 e. The van der Waals surface area contributed by atoms with Crippen molar-refractivity contribution in [2.24, 2.45) is 0 Å². The largest absolute Gasteiger partial charge is 0.301 e. The molecule has 0 bridgehead atoms. The van der Waals surface area contributed by atoms with Crippen molar-refractivity contribution in [2.75, 3.05) is 19.6 Å². The summed E-state index contributed by atoms with van der Waals surface area (Å²) >= 11 is 0. The van der Waals surface area contributed by atoms with Crippen LogP contribution in [0.2, 0.25) is 0 Å². The minimum atomic E-state index is -0.181. The van der Waals surface area contributed by atoms with Crippen LogP contribution in [0.3, 0.4) is 0 Å². The summed E-state index contributed by atoms with van der Waals surface area (Å²) in [6, 6.07) is 19.7. The lowest BCUT2D eigenvalue weighted by Gasteiger charge is -2.21. The Bertz CT molecular complexity index is 814. The monoisotopic (exact) mass is 349 g/mol. The lowest BCUT2D eigenvalue weighted by Crippen LogP contribution is -2.25. The summed E-state index contributed by atoms with van der Waals surface area (Å²) in [4.78, 5) is 2.52. The van der Waals surface area contributed by atoms with E-state index in [1.165, 1.54) is 11.1 Å². The van der Waals surface area contributed by atoms with E-state index < -0.39 is 0 Å². The summed E-state index contributed by atoms with van der Waals surface area (Å²) < 4.78 is 13.4. The van der Waals surface area contributed by atoms with Gasteiger partial charge in [-0.2, -0.15) is 5.10 Å². The molecule has 1 aliphatic heterocycles. The second-order valence-corrected chi connectivity index (χ2v) is 7.31. The zero-order valence-electron chi connectivity index (χ0n) is 15.0. The average Bonchev–Trinajstić information content (AvgIpc) is 3.33. The Balaban J connectivity index is 1.54. The van der Waals surface area contributed by atoms with Crippen molar-refractivity contribution in [1.82, 2.24) is 15.1 Å². The summed E-state index contributed by atoms with van der Waals surface area (Å²) in [5.41, 5.74) is 3.73. The minimum absolute atomic E-state index is 0.181. The number of hydrogen-bond donors (Lipinski definition) is 1. The van der Waals surface area contributed by atoms with Gasteiger partial charge in [0.15, 0.2) is 0 Å². The van der Waals surface area contributed by atoms with E-state index in [9.17, 15) is 4.39 Å². The van der Waals surface area contributed by atoms with Crippen LogP contribution < -0.4 is 0 Å². The second kappa shape index (κ2) is 7.42. The van der Waals surface area contributed by atoms with Gasteiger partial charge in [0.05, 0.1) is 0 Å². The van der Waals surface area contributed by atoms with Crippen LogP contribution in [0.25, 0.3) is 0 Å². The van der Waals surface area contributed by atoms with E-state index >= 15 is 0 Å². The van der Waals surface area contributed by atoms with Crippen LogP contribution in [-0.2, 0) is 0 Å². The van der Waals surface area contributed by atoms with Gasteiger partial charge in [0.1, 0.15) is 5.82 Å². The molecule has 0 unspecified atom stereocenters. The van der Waals surface area contributed by atoms with Crippen LogP contribution >= 0.6 is 0 Å². The van der Waals surface area contributed by atoms with Crippen molar-refractivity contribution in [1.29, 1.82) is 0 Å². The third-order valence-corrected chi connectivity index (χ3v) is 5.52. The highest BCUT2D eigenvalue weighted by Gasteiger charge is 2.36. The van der Waals surface area contributed by atoms with Crippen LogP contribution in [0, 0.1) is 5.82 Å². The molecule has 26 heavy (non-hydrogen) atoms. The summed E-state index contributed by atoms with van der Waals surface area (Å²) in [5.74, 6) is 0.995. The summed E-state index contributed by atoms with van der Waals surface area (Å²) in [5, 5.41) is 7.28. The molecular formula is C22H24FN3. The van der Waals surface area contributed by atoms with E-state index in [0.29, 0.717) is 17.8 Å². The van der Waals surface area contributed by atoms with Crippen molar-refractivity contribution >= 4 is 0 Å². The van der Waals surface area contributed by atoms with Crippen molar-refractivity contribution in [3.63, 3.8) is 0 Å². The Labute approximate surface area is 153 Å². The van der Waals surface area contributed by atoms with Gasteiger partial charge in [-0.25, -0.2) is 4.39 Å². The van der Waals surface area contributed by atoms with E-state index in [-0.39, 0.29) is 5.82 Å². The molecule has 4 heteroatoms. The molecule has 0 spiro atoms. The van der Waals surface area contributed by atoms with Crippen LogP contribution in [-0.4, -0.2) is 34.7 Å². The quantitative estimate of drug-likeness (QED) is 0.733. The SMILES string of the molecule is C[C@H](CN1C[C@@H](c2ccc(F)cc2)[C@H](c2ccn[nH]2)C1)c1ccccc1. The fourth-order valence-electron chi connectivity index (χ4n) is 4.14. The molecule has 0 amide bonds. The predicted molar refractivity (Wildman–Crippen MR) is 102 cm³/mol. The van der Waals surface area contributed by atoms with Crippen LogP contribution in [0.4, 0.5) is 4.39 Å². The molecule has 0 radical (unpaired) electrons. The van der Waals surface area contributed by atoms with Gasteiger partial charge < -0.3 is 4.90 Å². The molecule has 3 atom stereocenters. The molecular weight excluding hydrogens is 325 g/mol. The van der Waals surface area contributed by atoms with Gasteiger partial charge in [0, 0.05) is 43.4 Å². The molecule has 1 aromatic heterocycles. The maximum absolute atomic E-state index is 13.4. The summed E-state index contributed by atoms with van der Waals surface area (Å²) in [6.45, 7) is 5.27. The van der Waals surface area contributed by atoms with Crippen molar-refractivity contribution in [3.05, 3.63) is 89.5 Å². The Morgan fingerprint density at radius 1 is 1.04 bits per heavy atom. The summed E-state index contributed by atoms with van der Waals surface area (Å²) in [6.07, 6.45) is 1.81. The number of nitrogens with one attached hydrogen (secondary N) is 1. The van der Waals surface area contributed by atoms with Gasteiger partial charge in [-0.15, -0.1) is 0 Å². The van der Waals surface area contributed by atoms with Gasteiger partial charge in [-0.1, -0.05) is 49.4 Å². The Kier molecular flexibility index (Phi) is 4.85. The number of likely N-dealkylation sites (tertiary alicyclic amines) is 1. The highest BCUT2D eigenvalue weighted by molar-refractivity contribution is 5.28. The molecule has 3 aromatic rings. The van der Waals surface area contributed by atoms with E-state index in [1.54, 1.807) is 12.1 Å². The molecule has 4 rings (SSSR count). The standard InChI is InChI=1S/C22H24FN3/c1-16(17-5-3-2-4-6-17)13-26-14-20(18-7-9-19(23)10-8-18)21(15-26)22-11-12-24-25-22/h2-12,16,20-21H,13-15H2,1H3,(H,24,25)/t16-,20+,21-/m1/s1. The number of rotatable bonds is 5. The first-order chi connectivity index (χ1) is 12.7. The number of benzene rings is 2. The maximum atomic E-state index is 13.4. The first kappa shape index (κ1) is 17.0. The molecule has 2 heterocycles. The van der Waals surface area contributed by atoms with Crippen LogP contribution in [0.1, 0.15) is 41.5 Å². The maximum Gasteiger partial charge on any atom is 0.123 e. The van der Waals surface area contributed by atoms with Crippen molar-refractivity contribution < 1.29 is 4.39 Å². The Morgan fingerprint density at radius 3 is 2.46 bits per heavy atom. The molecule has 1 saturated heterocycles. The molecule has 2 aromatic carbocycles. The van der Waals surface area contributed by atoms with E-state index in [1.807, 2.05) is 18.3 Å². The van der Waals surface area contributed by atoms with Gasteiger partial charge >= 0.3 is 0 Å². The normalized spacial score (nSPS) is 21.8. The number of H-pyrrole nitrogens is 1. The average molecular weight is 349 g/mol. The Hall–Kier alpha value is -2.46. The zero-order valence-corrected chi connectivity index (χ0v) is 15.0. The summed E-state index contributed by atoms with van der Waals surface area (Å²) in [7, 11) is 0. The number of aromatic nitrogens is 2. The van der Waals surface area contributed by atoms with Crippen molar-refractivity contribution in [2.45, 2.75) is 24.7 Å². The lowest BCUT2D eigenvalue weighted by atomic mass is 9.87. The van der Waals surface area contributed by atoms with E-state index in [0.717, 1.165) is 25.3 Å². The highest BCUT2D eigenvalue weighted by Crippen LogP contribution is 2.39. The van der Waals surface area contributed by atoms with E-state index in [4.69, 9.17) is 0 Å².